The van der Waals surface area contributed by atoms with Crippen molar-refractivity contribution in [1.29, 1.82) is 0 Å². The number of hydrogen-bond acceptors (Lipinski definition) is 4. The molecule has 0 fully saturated rings. The molecule has 0 N–H and O–H groups in total. The van der Waals surface area contributed by atoms with E-state index in [-0.39, 0.29) is 17.3 Å². The van der Waals surface area contributed by atoms with E-state index in [2.05, 4.69) is 0 Å². The van der Waals surface area contributed by atoms with E-state index < -0.39 is 10.0 Å². The van der Waals surface area contributed by atoms with Crippen molar-refractivity contribution in [2.24, 2.45) is 0 Å². The molecule has 1 heterocycles. The van der Waals surface area contributed by atoms with E-state index in [1.807, 2.05) is 43.3 Å². The minimum Gasteiger partial charge on any atom is -0.497 e. The Balaban J connectivity index is 1.69. The summed E-state index contributed by atoms with van der Waals surface area (Å²) in [6, 6.07) is 21.0. The first-order chi connectivity index (χ1) is 14.9. The van der Waals surface area contributed by atoms with Gasteiger partial charge in [-0.1, -0.05) is 35.9 Å². The molecule has 0 aromatic heterocycles. The van der Waals surface area contributed by atoms with Gasteiger partial charge < -0.3 is 9.64 Å². The monoisotopic (exact) mass is 436 g/mol. The highest BCUT2D eigenvalue weighted by Crippen LogP contribution is 2.30. The van der Waals surface area contributed by atoms with Crippen molar-refractivity contribution in [3.63, 3.8) is 0 Å². The lowest BCUT2D eigenvalue weighted by molar-refractivity contribution is -0.117. The number of rotatable bonds is 6. The van der Waals surface area contributed by atoms with E-state index in [4.69, 9.17) is 4.74 Å². The van der Waals surface area contributed by atoms with Gasteiger partial charge >= 0.3 is 0 Å². The van der Waals surface area contributed by atoms with Crippen LogP contribution in [-0.4, -0.2) is 34.5 Å². The molecular formula is C24H24N2O4S. The summed E-state index contributed by atoms with van der Waals surface area (Å²) in [6.45, 7) is 2.19. The van der Waals surface area contributed by atoms with Crippen molar-refractivity contribution < 1.29 is 17.9 Å². The number of methoxy groups -OCH3 is 1. The van der Waals surface area contributed by atoms with Crippen molar-refractivity contribution in [1.82, 2.24) is 0 Å². The maximum Gasteiger partial charge on any atom is 0.264 e. The van der Waals surface area contributed by atoms with Gasteiger partial charge in [0.25, 0.3) is 10.0 Å². The molecule has 0 bridgehead atoms. The van der Waals surface area contributed by atoms with Gasteiger partial charge in [0, 0.05) is 12.2 Å². The second-order valence-corrected chi connectivity index (χ2v) is 9.31. The molecule has 31 heavy (non-hydrogen) atoms. The maximum atomic E-state index is 13.5. The fourth-order valence-corrected chi connectivity index (χ4v) is 5.12. The van der Waals surface area contributed by atoms with Gasteiger partial charge in [-0.15, -0.1) is 0 Å². The summed E-state index contributed by atoms with van der Waals surface area (Å²) in [5.74, 6) is 0.299. The first kappa shape index (κ1) is 20.9. The van der Waals surface area contributed by atoms with Crippen LogP contribution in [-0.2, 0) is 21.2 Å². The first-order valence-electron chi connectivity index (χ1n) is 10.0. The van der Waals surface area contributed by atoms with Gasteiger partial charge in [-0.3, -0.25) is 9.10 Å². The van der Waals surface area contributed by atoms with Crippen LogP contribution < -0.4 is 13.9 Å². The molecule has 0 aliphatic carbocycles. The number of aryl methyl sites for hydroxylation is 1. The highest BCUT2D eigenvalue weighted by Gasteiger charge is 2.31. The maximum absolute atomic E-state index is 13.5. The van der Waals surface area contributed by atoms with Crippen LogP contribution >= 0.6 is 0 Å². The molecule has 6 nitrogen and oxygen atoms in total. The molecule has 160 valence electrons. The van der Waals surface area contributed by atoms with Crippen LogP contribution in [0.4, 0.5) is 11.4 Å². The summed E-state index contributed by atoms with van der Waals surface area (Å²) in [4.78, 5) is 15.0. The van der Waals surface area contributed by atoms with Gasteiger partial charge in [-0.2, -0.15) is 0 Å². The number of amides is 1. The third-order valence-corrected chi connectivity index (χ3v) is 7.22. The Bertz CT molecular complexity index is 1190. The zero-order chi connectivity index (χ0) is 22.0. The summed E-state index contributed by atoms with van der Waals surface area (Å²) in [5, 5.41) is 0. The number of sulfonamides is 1. The molecular weight excluding hydrogens is 412 g/mol. The van der Waals surface area contributed by atoms with Gasteiger partial charge in [0.15, 0.2) is 0 Å². The average molecular weight is 437 g/mol. The fraction of sp³-hybridized carbons (Fsp3) is 0.208. The van der Waals surface area contributed by atoms with Gasteiger partial charge in [0.05, 0.1) is 17.7 Å². The molecule has 0 saturated heterocycles. The number of anilines is 2. The Hall–Kier alpha value is -3.32. The number of benzene rings is 3. The van der Waals surface area contributed by atoms with Crippen molar-refractivity contribution in [3.05, 3.63) is 83.9 Å². The number of fused-ring (bicyclic) bond motifs is 1. The standard InChI is InChI=1S/C24H24N2O4S/c1-18-7-9-20(10-8-18)26(31(28,29)22-13-11-21(30-2)12-14-22)17-24(27)25-16-15-19-5-3-4-6-23(19)25/h3-14H,15-17H2,1-2H3. The Morgan fingerprint density at radius 1 is 1.00 bits per heavy atom. The molecule has 0 atom stereocenters. The van der Waals surface area contributed by atoms with E-state index in [0.29, 0.717) is 18.0 Å². The van der Waals surface area contributed by atoms with Crippen molar-refractivity contribution in [3.8, 4) is 5.75 Å². The quantitative estimate of drug-likeness (QED) is 0.590. The molecule has 0 unspecified atom stereocenters. The smallest absolute Gasteiger partial charge is 0.264 e. The van der Waals surface area contributed by atoms with E-state index in [1.54, 1.807) is 29.2 Å². The summed E-state index contributed by atoms with van der Waals surface area (Å²) >= 11 is 0. The lowest BCUT2D eigenvalue weighted by Gasteiger charge is -2.27. The molecule has 3 aromatic carbocycles. The highest BCUT2D eigenvalue weighted by atomic mass is 32.2. The summed E-state index contributed by atoms with van der Waals surface area (Å²) < 4.78 is 33.4. The molecule has 1 aliphatic heterocycles. The Kier molecular flexibility index (Phi) is 5.69. The van der Waals surface area contributed by atoms with E-state index in [1.165, 1.54) is 23.5 Å². The minimum absolute atomic E-state index is 0.100. The second-order valence-electron chi connectivity index (χ2n) is 7.45. The van der Waals surface area contributed by atoms with Crippen LogP contribution in [0.25, 0.3) is 0 Å². The van der Waals surface area contributed by atoms with Crippen molar-refractivity contribution in [2.45, 2.75) is 18.2 Å². The number of ether oxygens (including phenoxy) is 1. The normalized spacial score (nSPS) is 13.0. The SMILES string of the molecule is COc1ccc(S(=O)(=O)N(CC(=O)N2CCc3ccccc32)c2ccc(C)cc2)cc1. The molecule has 0 saturated carbocycles. The predicted molar refractivity (Wildman–Crippen MR) is 121 cm³/mol. The zero-order valence-corrected chi connectivity index (χ0v) is 18.3. The largest absolute Gasteiger partial charge is 0.497 e. The molecule has 1 amide bonds. The summed E-state index contributed by atoms with van der Waals surface area (Å²) in [6.07, 6.45) is 0.762. The molecule has 4 rings (SSSR count). The number of carbonyl (C=O) groups is 1. The lowest BCUT2D eigenvalue weighted by Crippen LogP contribution is -2.42. The molecule has 1 aliphatic rings. The Morgan fingerprint density at radius 2 is 1.68 bits per heavy atom. The highest BCUT2D eigenvalue weighted by molar-refractivity contribution is 7.92. The van der Waals surface area contributed by atoms with Crippen molar-refractivity contribution in [2.75, 3.05) is 29.4 Å². The van der Waals surface area contributed by atoms with Gasteiger partial charge in [-0.05, 0) is 61.4 Å². The summed E-state index contributed by atoms with van der Waals surface area (Å²) in [5.41, 5.74) is 3.39. The van der Waals surface area contributed by atoms with Crippen LogP contribution in [0.1, 0.15) is 11.1 Å². The van der Waals surface area contributed by atoms with Gasteiger partial charge in [0.2, 0.25) is 5.91 Å². The Morgan fingerprint density at radius 3 is 2.35 bits per heavy atom. The number of para-hydroxylation sites is 1. The number of carbonyl (C=O) groups excluding carboxylic acids is 1. The van der Waals surface area contributed by atoms with Gasteiger partial charge in [-0.25, -0.2) is 8.42 Å². The Labute approximate surface area is 182 Å². The molecule has 0 spiro atoms. The van der Waals surface area contributed by atoms with Crippen LogP contribution in [0.3, 0.4) is 0 Å². The minimum atomic E-state index is -3.96. The topological polar surface area (TPSA) is 66.9 Å². The van der Waals surface area contributed by atoms with E-state index >= 15 is 0 Å². The first-order valence-corrected chi connectivity index (χ1v) is 11.5. The van der Waals surface area contributed by atoms with Crippen LogP contribution in [0.2, 0.25) is 0 Å². The lowest BCUT2D eigenvalue weighted by atomic mass is 10.2. The third kappa shape index (κ3) is 4.14. The number of hydrogen-bond donors (Lipinski definition) is 0. The van der Waals surface area contributed by atoms with Gasteiger partial charge in [0.1, 0.15) is 12.3 Å². The predicted octanol–water partition coefficient (Wildman–Crippen LogP) is 3.79. The van der Waals surface area contributed by atoms with Crippen molar-refractivity contribution >= 4 is 27.3 Å². The van der Waals surface area contributed by atoms with Crippen LogP contribution in [0.15, 0.2) is 77.7 Å². The second kappa shape index (κ2) is 8.43. The molecule has 7 heteroatoms. The van der Waals surface area contributed by atoms with Crippen LogP contribution in [0.5, 0.6) is 5.75 Å². The fourth-order valence-electron chi connectivity index (χ4n) is 3.71. The average Bonchev–Trinajstić information content (AvgIpc) is 3.22. The molecule has 0 radical (unpaired) electrons. The third-order valence-electron chi connectivity index (χ3n) is 5.44. The number of nitrogens with zero attached hydrogens (tertiary/aromatic N) is 2. The van der Waals surface area contributed by atoms with Crippen LogP contribution in [0, 0.1) is 6.92 Å². The molecule has 3 aromatic rings. The zero-order valence-electron chi connectivity index (χ0n) is 17.5. The van der Waals surface area contributed by atoms with E-state index in [0.717, 1.165) is 23.2 Å². The van der Waals surface area contributed by atoms with E-state index in [9.17, 15) is 13.2 Å². The summed E-state index contributed by atoms with van der Waals surface area (Å²) in [7, 11) is -2.44.